The minimum Gasteiger partial charge on any atom is -0.291 e. The third-order valence-corrected chi connectivity index (χ3v) is 4.18. The van der Waals surface area contributed by atoms with Gasteiger partial charge in [-0.25, -0.2) is 0 Å². The fourth-order valence-electron chi connectivity index (χ4n) is 2.03. The Balaban J connectivity index is 1.80. The normalized spacial score (nSPS) is 10.8. The first-order valence-corrected chi connectivity index (χ1v) is 7.38. The van der Waals surface area contributed by atoms with E-state index in [1.807, 2.05) is 50.2 Å². The number of hydrogen-bond acceptors (Lipinski definition) is 5. The van der Waals surface area contributed by atoms with E-state index >= 15 is 0 Å². The van der Waals surface area contributed by atoms with Gasteiger partial charge < -0.3 is 0 Å². The number of nitrogens with zero attached hydrogens (tertiary/aromatic N) is 4. The van der Waals surface area contributed by atoms with Crippen LogP contribution in [0.5, 0.6) is 0 Å². The Morgan fingerprint density at radius 3 is 2.71 bits per heavy atom. The minimum absolute atomic E-state index is 0.00170. The molecule has 0 aliphatic heterocycles. The molecule has 0 saturated heterocycles. The van der Waals surface area contributed by atoms with Gasteiger partial charge in [0, 0.05) is 10.4 Å². The summed E-state index contributed by atoms with van der Waals surface area (Å²) in [5, 5.41) is 12.3. The molecule has 21 heavy (non-hydrogen) atoms. The highest BCUT2D eigenvalue weighted by Gasteiger charge is 2.13. The first-order chi connectivity index (χ1) is 10.1. The predicted octanol–water partition coefficient (Wildman–Crippen LogP) is 2.90. The standard InChI is InChI=1S/C15H14N4OS/c1-10-5-3-4-6-12(10)15-16-18-19(17-15)9-13(20)14-8-7-11(2)21-14/h3-8H,9H2,1-2H3. The lowest BCUT2D eigenvalue weighted by atomic mass is 10.1. The van der Waals surface area contributed by atoms with Crippen LogP contribution in [0.15, 0.2) is 36.4 Å². The van der Waals surface area contributed by atoms with Gasteiger partial charge in [0.05, 0.1) is 4.88 Å². The molecule has 0 saturated carbocycles. The topological polar surface area (TPSA) is 60.7 Å². The lowest BCUT2D eigenvalue weighted by Gasteiger charge is -1.99. The van der Waals surface area contributed by atoms with E-state index in [1.54, 1.807) is 0 Å². The quantitative estimate of drug-likeness (QED) is 0.695. The average molecular weight is 298 g/mol. The SMILES string of the molecule is Cc1ccc(C(=O)Cn2nnc(-c3ccccc3C)n2)s1. The molecule has 106 valence electrons. The van der Waals surface area contributed by atoms with E-state index < -0.39 is 0 Å². The molecule has 0 unspecified atom stereocenters. The maximum Gasteiger partial charge on any atom is 0.205 e. The molecular weight excluding hydrogens is 284 g/mol. The summed E-state index contributed by atoms with van der Waals surface area (Å²) < 4.78 is 0. The summed E-state index contributed by atoms with van der Waals surface area (Å²) in [6, 6.07) is 11.6. The van der Waals surface area contributed by atoms with Crippen LogP contribution in [0.4, 0.5) is 0 Å². The van der Waals surface area contributed by atoms with E-state index in [-0.39, 0.29) is 12.3 Å². The van der Waals surface area contributed by atoms with Crippen LogP contribution in [0, 0.1) is 13.8 Å². The molecule has 0 radical (unpaired) electrons. The van der Waals surface area contributed by atoms with Gasteiger partial charge in [-0.1, -0.05) is 24.3 Å². The summed E-state index contributed by atoms with van der Waals surface area (Å²) >= 11 is 1.48. The summed E-state index contributed by atoms with van der Waals surface area (Å²) in [7, 11) is 0. The molecule has 1 aromatic carbocycles. The molecule has 2 heterocycles. The zero-order chi connectivity index (χ0) is 14.8. The summed E-state index contributed by atoms with van der Waals surface area (Å²) in [5.74, 6) is 0.546. The van der Waals surface area contributed by atoms with Crippen molar-refractivity contribution in [2.45, 2.75) is 20.4 Å². The molecular formula is C15H14N4OS. The van der Waals surface area contributed by atoms with E-state index in [9.17, 15) is 4.79 Å². The molecule has 3 rings (SSSR count). The van der Waals surface area contributed by atoms with Crippen LogP contribution >= 0.6 is 11.3 Å². The van der Waals surface area contributed by atoms with E-state index in [1.165, 1.54) is 16.1 Å². The highest BCUT2D eigenvalue weighted by molar-refractivity contribution is 7.14. The van der Waals surface area contributed by atoms with Crippen LogP contribution in [-0.2, 0) is 6.54 Å². The van der Waals surface area contributed by atoms with Crippen LogP contribution in [0.2, 0.25) is 0 Å². The van der Waals surface area contributed by atoms with Crippen LogP contribution in [-0.4, -0.2) is 26.0 Å². The van der Waals surface area contributed by atoms with Crippen molar-refractivity contribution in [3.63, 3.8) is 0 Å². The molecule has 6 heteroatoms. The van der Waals surface area contributed by atoms with E-state index in [2.05, 4.69) is 15.4 Å². The number of carbonyl (C=O) groups excluding carboxylic acids is 1. The van der Waals surface area contributed by atoms with Crippen molar-refractivity contribution in [2.24, 2.45) is 0 Å². The second-order valence-electron chi connectivity index (χ2n) is 4.79. The third-order valence-electron chi connectivity index (χ3n) is 3.14. The fourth-order valence-corrected chi connectivity index (χ4v) is 2.83. The van der Waals surface area contributed by atoms with Gasteiger partial charge in [-0.05, 0) is 36.8 Å². The Bertz CT molecular complexity index is 790. The minimum atomic E-state index is 0.00170. The van der Waals surface area contributed by atoms with Crippen molar-refractivity contribution in [1.82, 2.24) is 20.2 Å². The second-order valence-corrected chi connectivity index (χ2v) is 6.08. The fraction of sp³-hybridized carbons (Fsp3) is 0.200. The summed E-state index contributed by atoms with van der Waals surface area (Å²) in [5.41, 5.74) is 2.01. The van der Waals surface area contributed by atoms with E-state index in [0.717, 1.165) is 20.9 Å². The van der Waals surface area contributed by atoms with Gasteiger partial charge in [-0.3, -0.25) is 4.79 Å². The third kappa shape index (κ3) is 2.90. The summed E-state index contributed by atoms with van der Waals surface area (Å²) in [6.45, 7) is 4.08. The smallest absolute Gasteiger partial charge is 0.205 e. The summed E-state index contributed by atoms with van der Waals surface area (Å²) in [6.07, 6.45) is 0. The van der Waals surface area contributed by atoms with Crippen LogP contribution < -0.4 is 0 Å². The van der Waals surface area contributed by atoms with Gasteiger partial charge in [0.2, 0.25) is 5.82 Å². The highest BCUT2D eigenvalue weighted by Crippen LogP contribution is 2.19. The van der Waals surface area contributed by atoms with Crippen molar-refractivity contribution in [1.29, 1.82) is 0 Å². The molecule has 0 aliphatic rings. The van der Waals surface area contributed by atoms with Crippen molar-refractivity contribution >= 4 is 17.1 Å². The van der Waals surface area contributed by atoms with Gasteiger partial charge >= 0.3 is 0 Å². The van der Waals surface area contributed by atoms with E-state index in [0.29, 0.717) is 5.82 Å². The Morgan fingerprint density at radius 2 is 2.00 bits per heavy atom. The van der Waals surface area contributed by atoms with Gasteiger partial charge in [-0.2, -0.15) is 4.80 Å². The van der Waals surface area contributed by atoms with Crippen molar-refractivity contribution < 1.29 is 4.79 Å². The Hall–Kier alpha value is -2.34. The molecule has 5 nitrogen and oxygen atoms in total. The maximum atomic E-state index is 12.1. The largest absolute Gasteiger partial charge is 0.291 e. The Kier molecular flexibility index (Phi) is 3.62. The summed E-state index contributed by atoms with van der Waals surface area (Å²) in [4.78, 5) is 15.3. The van der Waals surface area contributed by atoms with Crippen molar-refractivity contribution in [3.8, 4) is 11.4 Å². The molecule has 0 amide bonds. The number of Topliss-reactive ketones (excluding diaryl/α,β-unsaturated/α-hetero) is 1. The highest BCUT2D eigenvalue weighted by atomic mass is 32.1. The number of hydrogen-bond donors (Lipinski definition) is 0. The molecule has 0 atom stereocenters. The average Bonchev–Trinajstić information content (AvgIpc) is 3.08. The molecule has 0 bridgehead atoms. The second kappa shape index (κ2) is 5.57. The monoisotopic (exact) mass is 298 g/mol. The van der Waals surface area contributed by atoms with Crippen molar-refractivity contribution in [2.75, 3.05) is 0 Å². The zero-order valence-electron chi connectivity index (χ0n) is 11.8. The van der Waals surface area contributed by atoms with Gasteiger partial charge in [0.25, 0.3) is 0 Å². The lowest BCUT2D eigenvalue weighted by Crippen LogP contribution is -2.12. The lowest BCUT2D eigenvalue weighted by molar-refractivity contribution is 0.0965. The molecule has 0 N–H and O–H groups in total. The molecule has 0 spiro atoms. The van der Waals surface area contributed by atoms with E-state index in [4.69, 9.17) is 0 Å². The van der Waals surface area contributed by atoms with Gasteiger partial charge in [0.1, 0.15) is 6.54 Å². The molecule has 2 aromatic heterocycles. The molecule has 0 aliphatic carbocycles. The number of carbonyl (C=O) groups is 1. The first kappa shape index (κ1) is 13.6. The molecule has 0 fully saturated rings. The number of ketones is 1. The van der Waals surface area contributed by atoms with Crippen molar-refractivity contribution in [3.05, 3.63) is 51.7 Å². The zero-order valence-corrected chi connectivity index (χ0v) is 12.6. The van der Waals surface area contributed by atoms with Crippen LogP contribution in [0.25, 0.3) is 11.4 Å². The number of rotatable bonds is 4. The van der Waals surface area contributed by atoms with Gasteiger partial charge in [0.15, 0.2) is 5.78 Å². The molecule has 3 aromatic rings. The van der Waals surface area contributed by atoms with Gasteiger partial charge in [-0.15, -0.1) is 21.5 Å². The predicted molar refractivity (Wildman–Crippen MR) is 81.4 cm³/mol. The van der Waals surface area contributed by atoms with Crippen LogP contribution in [0.1, 0.15) is 20.1 Å². The number of benzene rings is 1. The first-order valence-electron chi connectivity index (χ1n) is 6.57. The Morgan fingerprint density at radius 1 is 1.19 bits per heavy atom. The number of aromatic nitrogens is 4. The number of aryl methyl sites for hydroxylation is 2. The maximum absolute atomic E-state index is 12.1. The van der Waals surface area contributed by atoms with Crippen LogP contribution in [0.3, 0.4) is 0 Å². The number of thiophene rings is 1. The number of tetrazole rings is 1. The Labute approximate surface area is 126 Å².